The zero-order valence-corrected chi connectivity index (χ0v) is 10.3. The number of hydrogen-bond acceptors (Lipinski definition) is 4. The van der Waals surface area contributed by atoms with Crippen LogP contribution in [0.15, 0.2) is 18.5 Å². The molecule has 1 amide bonds. The van der Waals surface area contributed by atoms with Crippen molar-refractivity contribution >= 4 is 5.91 Å². The number of likely N-dealkylation sites (tertiary alicyclic amines) is 1. The fourth-order valence-electron chi connectivity index (χ4n) is 2.17. The molecule has 0 N–H and O–H groups in total. The van der Waals surface area contributed by atoms with Gasteiger partial charge in [-0.05, 0) is 13.0 Å². The van der Waals surface area contributed by atoms with Crippen LogP contribution < -0.4 is 0 Å². The van der Waals surface area contributed by atoms with E-state index in [9.17, 15) is 4.79 Å². The normalized spacial score (nSPS) is 15.8. The van der Waals surface area contributed by atoms with Gasteiger partial charge in [-0.3, -0.25) is 9.48 Å². The van der Waals surface area contributed by atoms with E-state index in [4.69, 9.17) is 0 Å². The van der Waals surface area contributed by atoms with Crippen LogP contribution in [0, 0.1) is 6.92 Å². The van der Waals surface area contributed by atoms with Crippen LogP contribution in [0.2, 0.25) is 0 Å². The van der Waals surface area contributed by atoms with Crippen molar-refractivity contribution < 1.29 is 4.79 Å². The topological polar surface area (TPSA) is 68.8 Å². The van der Waals surface area contributed by atoms with Crippen LogP contribution in [0.4, 0.5) is 0 Å². The molecule has 7 nitrogen and oxygen atoms in total. The van der Waals surface area contributed by atoms with Gasteiger partial charge in [0.05, 0.1) is 17.9 Å². The Labute approximate surface area is 104 Å². The highest BCUT2D eigenvalue weighted by molar-refractivity contribution is 5.93. The lowest BCUT2D eigenvalue weighted by Gasteiger charge is -2.38. The van der Waals surface area contributed by atoms with Crippen molar-refractivity contribution in [2.24, 2.45) is 7.05 Å². The Morgan fingerprint density at radius 1 is 1.44 bits per heavy atom. The summed E-state index contributed by atoms with van der Waals surface area (Å²) < 4.78 is 3.42. The van der Waals surface area contributed by atoms with Gasteiger partial charge in [-0.1, -0.05) is 5.21 Å². The number of carbonyl (C=O) groups is 1. The summed E-state index contributed by atoms with van der Waals surface area (Å²) in [6, 6.07) is 2.05. The molecule has 0 radical (unpaired) electrons. The number of carbonyl (C=O) groups excluding carboxylic acids is 1. The summed E-state index contributed by atoms with van der Waals surface area (Å²) in [5, 5.41) is 11.9. The first kappa shape index (κ1) is 10.9. The quantitative estimate of drug-likeness (QED) is 0.749. The Hall–Kier alpha value is -2.18. The third-order valence-corrected chi connectivity index (χ3v) is 3.19. The maximum Gasteiger partial charge on any atom is 0.272 e. The molecule has 0 unspecified atom stereocenters. The molecule has 0 saturated carbocycles. The fourth-order valence-corrected chi connectivity index (χ4v) is 2.17. The van der Waals surface area contributed by atoms with Gasteiger partial charge in [0.2, 0.25) is 0 Å². The second-order valence-electron chi connectivity index (χ2n) is 4.54. The minimum atomic E-state index is 0.0227. The maximum absolute atomic E-state index is 12.2. The highest BCUT2D eigenvalue weighted by Crippen LogP contribution is 2.22. The Balaban J connectivity index is 1.68. The number of hydrogen-bond donors (Lipinski definition) is 0. The van der Waals surface area contributed by atoms with Crippen LogP contribution in [-0.2, 0) is 7.05 Å². The molecule has 1 aliphatic heterocycles. The van der Waals surface area contributed by atoms with E-state index in [0.717, 1.165) is 5.69 Å². The molecule has 3 rings (SSSR count). The molecule has 2 aromatic rings. The van der Waals surface area contributed by atoms with Gasteiger partial charge < -0.3 is 4.90 Å². The summed E-state index contributed by atoms with van der Waals surface area (Å²) in [7, 11) is 1.79. The van der Waals surface area contributed by atoms with Gasteiger partial charge in [0.25, 0.3) is 5.91 Å². The van der Waals surface area contributed by atoms with Gasteiger partial charge in [0.15, 0.2) is 0 Å². The molecule has 0 spiro atoms. The molecule has 94 valence electrons. The van der Waals surface area contributed by atoms with Crippen LogP contribution >= 0.6 is 0 Å². The fraction of sp³-hybridized carbons (Fsp3) is 0.455. The summed E-state index contributed by atoms with van der Waals surface area (Å²) in [5.41, 5.74) is 1.48. The van der Waals surface area contributed by atoms with Gasteiger partial charge in [-0.25, -0.2) is 4.68 Å². The predicted molar refractivity (Wildman–Crippen MR) is 62.9 cm³/mol. The Morgan fingerprint density at radius 3 is 2.78 bits per heavy atom. The average Bonchev–Trinajstić information content (AvgIpc) is 2.86. The van der Waals surface area contributed by atoms with Crippen LogP contribution in [-0.4, -0.2) is 48.7 Å². The second-order valence-corrected chi connectivity index (χ2v) is 4.54. The van der Waals surface area contributed by atoms with E-state index >= 15 is 0 Å². The third kappa shape index (κ3) is 1.68. The van der Waals surface area contributed by atoms with E-state index in [-0.39, 0.29) is 11.9 Å². The average molecular weight is 246 g/mol. The van der Waals surface area contributed by atoms with E-state index in [2.05, 4.69) is 15.4 Å². The second kappa shape index (κ2) is 3.94. The zero-order valence-electron chi connectivity index (χ0n) is 10.3. The lowest BCUT2D eigenvalue weighted by Crippen LogP contribution is -2.51. The summed E-state index contributed by atoms with van der Waals surface area (Å²) in [4.78, 5) is 14.0. The molecule has 0 atom stereocenters. The lowest BCUT2D eigenvalue weighted by atomic mass is 10.1. The molecule has 18 heavy (non-hydrogen) atoms. The van der Waals surface area contributed by atoms with Crippen molar-refractivity contribution in [2.75, 3.05) is 13.1 Å². The van der Waals surface area contributed by atoms with Crippen molar-refractivity contribution in [1.82, 2.24) is 29.7 Å². The van der Waals surface area contributed by atoms with E-state index in [1.54, 1.807) is 27.5 Å². The molecule has 0 aromatic carbocycles. The Kier molecular flexibility index (Phi) is 2.39. The minimum absolute atomic E-state index is 0.0227. The highest BCUT2D eigenvalue weighted by Gasteiger charge is 2.34. The molecule has 0 aliphatic carbocycles. The number of aryl methyl sites for hydroxylation is 2. The van der Waals surface area contributed by atoms with Gasteiger partial charge in [0.1, 0.15) is 5.69 Å². The number of amides is 1. The van der Waals surface area contributed by atoms with Gasteiger partial charge in [-0.2, -0.15) is 5.10 Å². The molecule has 1 saturated heterocycles. The van der Waals surface area contributed by atoms with Crippen LogP contribution in [0.5, 0.6) is 0 Å². The van der Waals surface area contributed by atoms with Crippen molar-refractivity contribution in [3.8, 4) is 0 Å². The van der Waals surface area contributed by atoms with E-state index in [1.807, 2.05) is 19.2 Å². The van der Waals surface area contributed by atoms with E-state index in [1.165, 1.54) is 0 Å². The highest BCUT2D eigenvalue weighted by atomic mass is 16.2. The molecular formula is C11H14N6O. The Bertz CT molecular complexity index is 566. The maximum atomic E-state index is 12.2. The van der Waals surface area contributed by atoms with Crippen molar-refractivity contribution in [3.63, 3.8) is 0 Å². The van der Waals surface area contributed by atoms with E-state index in [0.29, 0.717) is 18.8 Å². The molecule has 3 heterocycles. The van der Waals surface area contributed by atoms with Crippen molar-refractivity contribution in [1.29, 1.82) is 0 Å². The Morgan fingerprint density at radius 2 is 2.22 bits per heavy atom. The summed E-state index contributed by atoms with van der Waals surface area (Å²) in [5.74, 6) is 0.0227. The number of nitrogens with zero attached hydrogens (tertiary/aromatic N) is 6. The molecule has 7 heteroatoms. The first-order valence-corrected chi connectivity index (χ1v) is 5.81. The monoisotopic (exact) mass is 246 g/mol. The molecule has 1 aliphatic rings. The smallest absolute Gasteiger partial charge is 0.272 e. The summed E-state index contributed by atoms with van der Waals surface area (Å²) in [6.45, 7) is 3.23. The van der Waals surface area contributed by atoms with Crippen LogP contribution in [0.1, 0.15) is 22.2 Å². The van der Waals surface area contributed by atoms with Crippen LogP contribution in [0.25, 0.3) is 0 Å². The number of aromatic nitrogens is 5. The van der Waals surface area contributed by atoms with Crippen molar-refractivity contribution in [2.45, 2.75) is 13.0 Å². The first-order valence-electron chi connectivity index (χ1n) is 5.81. The summed E-state index contributed by atoms with van der Waals surface area (Å²) >= 11 is 0. The van der Waals surface area contributed by atoms with Gasteiger partial charge in [0, 0.05) is 26.3 Å². The first-order chi connectivity index (χ1) is 8.65. The minimum Gasteiger partial charge on any atom is -0.333 e. The third-order valence-electron chi connectivity index (χ3n) is 3.19. The molecule has 2 aromatic heterocycles. The van der Waals surface area contributed by atoms with Crippen LogP contribution in [0.3, 0.4) is 0 Å². The molecular weight excluding hydrogens is 232 g/mol. The number of rotatable bonds is 2. The summed E-state index contributed by atoms with van der Waals surface area (Å²) in [6.07, 6.45) is 3.47. The molecule has 0 bridgehead atoms. The standard InChI is InChI=1S/C11H14N6O/c1-8-5-10(15(2)13-8)11(18)16-6-9(7-16)17-4-3-12-14-17/h3-5,9H,6-7H2,1-2H3. The largest absolute Gasteiger partial charge is 0.333 e. The van der Waals surface area contributed by atoms with Gasteiger partial charge in [-0.15, -0.1) is 5.10 Å². The zero-order chi connectivity index (χ0) is 12.7. The molecule has 1 fully saturated rings. The van der Waals surface area contributed by atoms with Gasteiger partial charge >= 0.3 is 0 Å². The SMILES string of the molecule is Cc1cc(C(=O)N2CC(n3ccnn3)C2)n(C)n1. The van der Waals surface area contributed by atoms with Crippen molar-refractivity contribution in [3.05, 3.63) is 29.8 Å². The lowest BCUT2D eigenvalue weighted by molar-refractivity contribution is 0.0487. The van der Waals surface area contributed by atoms with E-state index < -0.39 is 0 Å². The predicted octanol–water partition coefficient (Wildman–Crippen LogP) is 0.0171.